The van der Waals surface area contributed by atoms with Crippen LogP contribution >= 0.6 is 0 Å². The number of hydrogen-bond donors (Lipinski definition) is 1. The van der Waals surface area contributed by atoms with E-state index in [1.54, 1.807) is 24.0 Å². The molecule has 0 unspecified atom stereocenters. The van der Waals surface area contributed by atoms with Crippen LogP contribution in [0.2, 0.25) is 0 Å². The number of pyridine rings is 1. The lowest BCUT2D eigenvalue weighted by molar-refractivity contribution is -0.124. The fraction of sp³-hybridized carbons (Fsp3) is 0.214. The predicted molar refractivity (Wildman–Crippen MR) is 77.9 cm³/mol. The van der Waals surface area contributed by atoms with Crippen molar-refractivity contribution in [1.82, 2.24) is 34.8 Å². The Hall–Kier alpha value is -3.03. The van der Waals surface area contributed by atoms with E-state index in [1.165, 1.54) is 17.3 Å². The number of amides is 1. The van der Waals surface area contributed by atoms with E-state index in [1.807, 2.05) is 24.4 Å². The van der Waals surface area contributed by atoms with Crippen molar-refractivity contribution in [2.45, 2.75) is 19.5 Å². The molecule has 0 aliphatic heterocycles. The standard InChI is InChI=1S/C14H15N7O/c1-11(21-10-15-9-19-21)14(22)17-8-12-3-5-16-13(7-12)20-6-2-4-18-20/h2-7,9-11H,8H2,1H3,(H,17,22)/t11-/m0/s1. The lowest BCUT2D eigenvalue weighted by Gasteiger charge is -2.12. The second kappa shape index (κ2) is 6.17. The third-order valence-electron chi connectivity index (χ3n) is 3.23. The highest BCUT2D eigenvalue weighted by molar-refractivity contribution is 5.79. The van der Waals surface area contributed by atoms with Gasteiger partial charge in [-0.15, -0.1) is 0 Å². The molecule has 0 fully saturated rings. The first kappa shape index (κ1) is 13.9. The monoisotopic (exact) mass is 297 g/mol. The van der Waals surface area contributed by atoms with Gasteiger partial charge in [0.25, 0.3) is 0 Å². The highest BCUT2D eigenvalue weighted by atomic mass is 16.2. The number of carbonyl (C=O) groups is 1. The van der Waals surface area contributed by atoms with Gasteiger partial charge >= 0.3 is 0 Å². The van der Waals surface area contributed by atoms with Crippen molar-refractivity contribution in [2.24, 2.45) is 0 Å². The van der Waals surface area contributed by atoms with Crippen molar-refractivity contribution < 1.29 is 4.79 Å². The number of rotatable bonds is 5. The number of hydrogen-bond acceptors (Lipinski definition) is 5. The van der Waals surface area contributed by atoms with Gasteiger partial charge in [0, 0.05) is 25.1 Å². The summed E-state index contributed by atoms with van der Waals surface area (Å²) in [7, 11) is 0. The van der Waals surface area contributed by atoms with Crippen molar-refractivity contribution in [3.8, 4) is 5.82 Å². The molecule has 22 heavy (non-hydrogen) atoms. The van der Waals surface area contributed by atoms with Crippen molar-refractivity contribution >= 4 is 5.91 Å². The molecule has 1 N–H and O–H groups in total. The number of nitrogens with zero attached hydrogens (tertiary/aromatic N) is 6. The summed E-state index contributed by atoms with van der Waals surface area (Å²) in [5.74, 6) is 0.587. The molecule has 0 aromatic carbocycles. The van der Waals surface area contributed by atoms with E-state index in [9.17, 15) is 4.79 Å². The van der Waals surface area contributed by atoms with Crippen LogP contribution in [0.4, 0.5) is 0 Å². The maximum Gasteiger partial charge on any atom is 0.244 e. The Labute approximate surface area is 126 Å². The molecule has 1 atom stereocenters. The van der Waals surface area contributed by atoms with Gasteiger partial charge in [-0.2, -0.15) is 10.2 Å². The SMILES string of the molecule is C[C@@H](C(=O)NCc1ccnc(-n2cccn2)c1)n1cncn1. The van der Waals surface area contributed by atoms with Gasteiger partial charge in [-0.25, -0.2) is 19.3 Å². The maximum atomic E-state index is 12.1. The zero-order valence-electron chi connectivity index (χ0n) is 12.0. The van der Waals surface area contributed by atoms with Gasteiger partial charge < -0.3 is 5.32 Å². The lowest BCUT2D eigenvalue weighted by Crippen LogP contribution is -2.30. The zero-order valence-corrected chi connectivity index (χ0v) is 12.0. The minimum atomic E-state index is -0.407. The Balaban J connectivity index is 1.64. The van der Waals surface area contributed by atoms with Crippen LogP contribution in [-0.4, -0.2) is 35.4 Å². The molecule has 0 aliphatic carbocycles. The van der Waals surface area contributed by atoms with Gasteiger partial charge in [0.05, 0.1) is 0 Å². The first-order valence-corrected chi connectivity index (χ1v) is 6.81. The third-order valence-corrected chi connectivity index (χ3v) is 3.23. The van der Waals surface area contributed by atoms with Gasteiger partial charge in [-0.1, -0.05) is 0 Å². The van der Waals surface area contributed by atoms with E-state index < -0.39 is 6.04 Å². The zero-order chi connectivity index (χ0) is 15.4. The Morgan fingerprint density at radius 1 is 1.36 bits per heavy atom. The van der Waals surface area contributed by atoms with Gasteiger partial charge in [0.1, 0.15) is 18.7 Å². The molecular weight excluding hydrogens is 282 g/mol. The molecule has 0 radical (unpaired) electrons. The number of nitrogens with one attached hydrogen (secondary N) is 1. The van der Waals surface area contributed by atoms with E-state index in [-0.39, 0.29) is 5.91 Å². The molecule has 0 spiro atoms. The fourth-order valence-electron chi connectivity index (χ4n) is 1.97. The van der Waals surface area contributed by atoms with Crippen LogP contribution < -0.4 is 5.32 Å². The Bertz CT molecular complexity index is 736. The summed E-state index contributed by atoms with van der Waals surface area (Å²) in [6.45, 7) is 2.18. The molecule has 0 saturated carbocycles. The summed E-state index contributed by atoms with van der Waals surface area (Å²) in [6, 6.07) is 5.16. The molecular formula is C14H15N7O. The van der Waals surface area contributed by atoms with Crippen molar-refractivity contribution in [3.63, 3.8) is 0 Å². The van der Waals surface area contributed by atoms with Crippen LogP contribution in [-0.2, 0) is 11.3 Å². The van der Waals surface area contributed by atoms with Gasteiger partial charge in [-0.3, -0.25) is 4.79 Å². The van der Waals surface area contributed by atoms with E-state index in [4.69, 9.17) is 0 Å². The van der Waals surface area contributed by atoms with Crippen LogP contribution in [0.5, 0.6) is 0 Å². The Morgan fingerprint density at radius 3 is 3.00 bits per heavy atom. The van der Waals surface area contributed by atoms with E-state index in [0.717, 1.165) is 5.56 Å². The average Bonchev–Trinajstić information content (AvgIpc) is 3.24. The minimum Gasteiger partial charge on any atom is -0.350 e. The highest BCUT2D eigenvalue weighted by Crippen LogP contribution is 2.07. The summed E-state index contributed by atoms with van der Waals surface area (Å²) in [6.07, 6.45) is 8.13. The molecule has 8 nitrogen and oxygen atoms in total. The maximum absolute atomic E-state index is 12.1. The van der Waals surface area contributed by atoms with Crippen LogP contribution in [0.3, 0.4) is 0 Å². The molecule has 8 heteroatoms. The average molecular weight is 297 g/mol. The smallest absolute Gasteiger partial charge is 0.244 e. The molecule has 3 aromatic rings. The van der Waals surface area contributed by atoms with Gasteiger partial charge in [-0.05, 0) is 30.7 Å². The molecule has 1 amide bonds. The Morgan fingerprint density at radius 2 is 2.27 bits per heavy atom. The van der Waals surface area contributed by atoms with Gasteiger partial charge in [0.2, 0.25) is 5.91 Å². The van der Waals surface area contributed by atoms with Crippen molar-refractivity contribution in [1.29, 1.82) is 0 Å². The molecule has 0 aliphatic rings. The topological polar surface area (TPSA) is 90.5 Å². The third kappa shape index (κ3) is 3.00. The van der Waals surface area contributed by atoms with Crippen LogP contribution in [0.25, 0.3) is 5.82 Å². The lowest BCUT2D eigenvalue weighted by atomic mass is 10.2. The summed E-state index contributed by atoms with van der Waals surface area (Å²) in [5, 5.41) is 11.0. The fourth-order valence-corrected chi connectivity index (χ4v) is 1.97. The summed E-state index contributed by atoms with van der Waals surface area (Å²) >= 11 is 0. The minimum absolute atomic E-state index is 0.122. The number of aromatic nitrogens is 6. The van der Waals surface area contributed by atoms with Gasteiger partial charge in [0.15, 0.2) is 5.82 Å². The molecule has 112 valence electrons. The largest absolute Gasteiger partial charge is 0.350 e. The summed E-state index contributed by atoms with van der Waals surface area (Å²) in [4.78, 5) is 20.2. The quantitative estimate of drug-likeness (QED) is 0.750. The molecule has 3 heterocycles. The first-order valence-electron chi connectivity index (χ1n) is 6.81. The summed E-state index contributed by atoms with van der Waals surface area (Å²) < 4.78 is 3.18. The Kier molecular flexibility index (Phi) is 3.90. The first-order chi connectivity index (χ1) is 10.7. The van der Waals surface area contributed by atoms with Crippen molar-refractivity contribution in [2.75, 3.05) is 0 Å². The van der Waals surface area contributed by atoms with Crippen molar-refractivity contribution in [3.05, 3.63) is 55.0 Å². The molecule has 0 bridgehead atoms. The molecule has 3 aromatic heterocycles. The number of carbonyl (C=O) groups excluding carboxylic acids is 1. The second-order valence-electron chi connectivity index (χ2n) is 4.74. The predicted octanol–water partition coefficient (Wildman–Crippen LogP) is 0.736. The van der Waals surface area contributed by atoms with Crippen LogP contribution in [0.1, 0.15) is 18.5 Å². The van der Waals surface area contributed by atoms with E-state index in [0.29, 0.717) is 12.4 Å². The molecule has 3 rings (SSSR count). The van der Waals surface area contributed by atoms with E-state index >= 15 is 0 Å². The highest BCUT2D eigenvalue weighted by Gasteiger charge is 2.14. The van der Waals surface area contributed by atoms with Crippen LogP contribution in [0.15, 0.2) is 49.4 Å². The summed E-state index contributed by atoms with van der Waals surface area (Å²) in [5.41, 5.74) is 0.944. The second-order valence-corrected chi connectivity index (χ2v) is 4.74. The van der Waals surface area contributed by atoms with E-state index in [2.05, 4.69) is 25.5 Å². The molecule has 0 saturated heterocycles. The van der Waals surface area contributed by atoms with Crippen LogP contribution in [0, 0.1) is 0 Å². The normalized spacial score (nSPS) is 12.0.